The van der Waals surface area contributed by atoms with Gasteiger partial charge in [-0.25, -0.2) is 9.97 Å². The standard InChI is InChI=1S/C11H11ClN2O2/c1-7-8(2)14-11(10(12)13-7)16-6-9-4-3-5-15-9/h3-5H,6H2,1-2H3. The van der Waals surface area contributed by atoms with Crippen LogP contribution in [0.1, 0.15) is 17.1 Å². The van der Waals surface area contributed by atoms with Gasteiger partial charge in [0.2, 0.25) is 0 Å². The highest BCUT2D eigenvalue weighted by Crippen LogP contribution is 2.21. The van der Waals surface area contributed by atoms with E-state index in [1.54, 1.807) is 12.3 Å². The Hall–Kier alpha value is -1.55. The van der Waals surface area contributed by atoms with E-state index in [2.05, 4.69) is 9.97 Å². The summed E-state index contributed by atoms with van der Waals surface area (Å²) in [5.41, 5.74) is 1.61. The lowest BCUT2D eigenvalue weighted by Gasteiger charge is -2.07. The van der Waals surface area contributed by atoms with Crippen molar-refractivity contribution in [2.24, 2.45) is 0 Å². The van der Waals surface area contributed by atoms with E-state index < -0.39 is 0 Å². The van der Waals surface area contributed by atoms with Gasteiger partial charge in [0.15, 0.2) is 5.15 Å². The average Bonchev–Trinajstić information content (AvgIpc) is 2.74. The van der Waals surface area contributed by atoms with E-state index in [9.17, 15) is 0 Å². The summed E-state index contributed by atoms with van der Waals surface area (Å²) in [6.07, 6.45) is 1.59. The predicted molar refractivity (Wildman–Crippen MR) is 59.6 cm³/mol. The fourth-order valence-corrected chi connectivity index (χ4v) is 1.40. The highest BCUT2D eigenvalue weighted by molar-refractivity contribution is 6.30. The first kappa shape index (κ1) is 11.0. The topological polar surface area (TPSA) is 48.2 Å². The Morgan fingerprint density at radius 3 is 2.75 bits per heavy atom. The number of furan rings is 1. The van der Waals surface area contributed by atoms with Gasteiger partial charge in [-0.3, -0.25) is 0 Å². The zero-order valence-corrected chi connectivity index (χ0v) is 9.78. The third-order valence-corrected chi connectivity index (χ3v) is 2.41. The Morgan fingerprint density at radius 1 is 1.31 bits per heavy atom. The minimum Gasteiger partial charge on any atom is -0.467 e. The van der Waals surface area contributed by atoms with Gasteiger partial charge in [0, 0.05) is 0 Å². The fourth-order valence-electron chi connectivity index (χ4n) is 1.18. The maximum Gasteiger partial charge on any atom is 0.252 e. The number of hydrogen-bond acceptors (Lipinski definition) is 4. The normalized spacial score (nSPS) is 10.4. The Balaban J connectivity index is 2.12. The highest BCUT2D eigenvalue weighted by atomic mass is 35.5. The van der Waals surface area contributed by atoms with Gasteiger partial charge < -0.3 is 9.15 Å². The van der Waals surface area contributed by atoms with E-state index in [-0.39, 0.29) is 5.15 Å². The van der Waals surface area contributed by atoms with Crippen molar-refractivity contribution in [2.45, 2.75) is 20.5 Å². The molecule has 2 aromatic rings. The molecule has 0 saturated heterocycles. The second-order valence-electron chi connectivity index (χ2n) is 3.36. The molecule has 0 fully saturated rings. The van der Waals surface area contributed by atoms with Crippen molar-refractivity contribution in [3.05, 3.63) is 40.7 Å². The lowest BCUT2D eigenvalue weighted by atomic mass is 10.3. The van der Waals surface area contributed by atoms with Crippen molar-refractivity contribution in [3.63, 3.8) is 0 Å². The molecule has 2 heterocycles. The summed E-state index contributed by atoms with van der Waals surface area (Å²) in [5.74, 6) is 1.05. The zero-order valence-electron chi connectivity index (χ0n) is 9.03. The van der Waals surface area contributed by atoms with E-state index in [0.717, 1.165) is 17.1 Å². The minimum atomic E-state index is 0.273. The summed E-state index contributed by atoms with van der Waals surface area (Å²) in [4.78, 5) is 8.33. The van der Waals surface area contributed by atoms with Crippen LogP contribution in [0.5, 0.6) is 5.88 Å². The Kier molecular flexibility index (Phi) is 3.10. The maximum absolute atomic E-state index is 5.91. The lowest BCUT2D eigenvalue weighted by molar-refractivity contribution is 0.259. The SMILES string of the molecule is Cc1nc(Cl)c(OCc2ccco2)nc1C. The van der Waals surface area contributed by atoms with Crippen molar-refractivity contribution in [3.8, 4) is 5.88 Å². The number of rotatable bonds is 3. The molecule has 0 aliphatic carbocycles. The van der Waals surface area contributed by atoms with Gasteiger partial charge in [-0.1, -0.05) is 11.6 Å². The van der Waals surface area contributed by atoms with Crippen LogP contribution in [0.4, 0.5) is 0 Å². The van der Waals surface area contributed by atoms with Gasteiger partial charge in [0.25, 0.3) is 5.88 Å². The maximum atomic E-state index is 5.91. The van der Waals surface area contributed by atoms with Crippen LogP contribution >= 0.6 is 11.6 Å². The quantitative estimate of drug-likeness (QED) is 0.825. The molecule has 16 heavy (non-hydrogen) atoms. The van der Waals surface area contributed by atoms with Crippen molar-refractivity contribution in [1.29, 1.82) is 0 Å². The predicted octanol–water partition coefficient (Wildman–Crippen LogP) is 2.92. The smallest absolute Gasteiger partial charge is 0.252 e. The summed E-state index contributed by atoms with van der Waals surface area (Å²) >= 11 is 5.91. The molecule has 2 rings (SSSR count). The summed E-state index contributed by atoms with van der Waals surface area (Å²) < 4.78 is 10.6. The summed E-state index contributed by atoms with van der Waals surface area (Å²) in [5, 5.41) is 0.273. The summed E-state index contributed by atoms with van der Waals surface area (Å²) in [7, 11) is 0. The largest absolute Gasteiger partial charge is 0.467 e. The average molecular weight is 239 g/mol. The van der Waals surface area contributed by atoms with Gasteiger partial charge in [0.05, 0.1) is 17.7 Å². The van der Waals surface area contributed by atoms with Crippen LogP contribution in [0.15, 0.2) is 22.8 Å². The molecule has 0 radical (unpaired) electrons. The molecular weight excluding hydrogens is 228 g/mol. The molecule has 0 bridgehead atoms. The van der Waals surface area contributed by atoms with Crippen LogP contribution in [0.3, 0.4) is 0 Å². The van der Waals surface area contributed by atoms with Crippen LogP contribution in [0.2, 0.25) is 5.15 Å². The molecule has 0 atom stereocenters. The van der Waals surface area contributed by atoms with Gasteiger partial charge in [-0.2, -0.15) is 0 Å². The molecule has 0 aliphatic rings. The number of hydrogen-bond donors (Lipinski definition) is 0. The van der Waals surface area contributed by atoms with Crippen molar-refractivity contribution in [2.75, 3.05) is 0 Å². The molecule has 0 N–H and O–H groups in total. The van der Waals surface area contributed by atoms with Crippen molar-refractivity contribution >= 4 is 11.6 Å². The number of nitrogens with zero attached hydrogens (tertiary/aromatic N) is 2. The van der Waals surface area contributed by atoms with Gasteiger partial charge in [-0.15, -0.1) is 0 Å². The molecule has 0 saturated carbocycles. The van der Waals surface area contributed by atoms with E-state index in [0.29, 0.717) is 12.5 Å². The zero-order chi connectivity index (χ0) is 11.5. The number of aromatic nitrogens is 2. The first-order valence-electron chi connectivity index (χ1n) is 4.82. The van der Waals surface area contributed by atoms with Gasteiger partial charge in [0.1, 0.15) is 12.4 Å². The molecule has 4 nitrogen and oxygen atoms in total. The van der Waals surface area contributed by atoms with E-state index in [4.69, 9.17) is 20.8 Å². The molecule has 84 valence electrons. The van der Waals surface area contributed by atoms with Crippen LogP contribution < -0.4 is 4.74 Å². The molecule has 2 aromatic heterocycles. The third-order valence-electron chi connectivity index (χ3n) is 2.17. The third kappa shape index (κ3) is 2.33. The minimum absolute atomic E-state index is 0.273. The fraction of sp³-hybridized carbons (Fsp3) is 0.273. The Morgan fingerprint density at radius 2 is 2.06 bits per heavy atom. The molecule has 0 aliphatic heterocycles. The number of halogens is 1. The first-order valence-corrected chi connectivity index (χ1v) is 5.20. The van der Waals surface area contributed by atoms with Crippen LogP contribution in [-0.4, -0.2) is 9.97 Å². The van der Waals surface area contributed by atoms with Gasteiger partial charge >= 0.3 is 0 Å². The van der Waals surface area contributed by atoms with Crippen molar-refractivity contribution in [1.82, 2.24) is 9.97 Å². The second-order valence-corrected chi connectivity index (χ2v) is 3.72. The van der Waals surface area contributed by atoms with E-state index in [1.165, 1.54) is 0 Å². The Labute approximate surface area is 98.2 Å². The lowest BCUT2D eigenvalue weighted by Crippen LogP contribution is -2.01. The van der Waals surface area contributed by atoms with E-state index in [1.807, 2.05) is 19.9 Å². The molecule has 0 spiro atoms. The number of ether oxygens (including phenoxy) is 1. The van der Waals surface area contributed by atoms with Crippen LogP contribution in [-0.2, 0) is 6.61 Å². The summed E-state index contributed by atoms with van der Waals surface area (Å²) in [6.45, 7) is 4.01. The molecule has 0 amide bonds. The second kappa shape index (κ2) is 4.53. The van der Waals surface area contributed by atoms with E-state index >= 15 is 0 Å². The van der Waals surface area contributed by atoms with Gasteiger partial charge in [-0.05, 0) is 26.0 Å². The highest BCUT2D eigenvalue weighted by Gasteiger charge is 2.08. The van der Waals surface area contributed by atoms with Crippen LogP contribution in [0, 0.1) is 13.8 Å². The molecule has 0 aromatic carbocycles. The molecule has 5 heteroatoms. The van der Waals surface area contributed by atoms with Crippen LogP contribution in [0.25, 0.3) is 0 Å². The van der Waals surface area contributed by atoms with Crippen molar-refractivity contribution < 1.29 is 9.15 Å². The number of aryl methyl sites for hydroxylation is 2. The summed E-state index contributed by atoms with van der Waals surface area (Å²) in [6, 6.07) is 3.62. The Bertz CT molecular complexity index is 483. The first-order chi connectivity index (χ1) is 7.66. The molecule has 0 unspecified atom stereocenters. The monoisotopic (exact) mass is 238 g/mol. The molecular formula is C11H11ClN2O2.